The average Bonchev–Trinajstić information content (AvgIpc) is 1.94. The summed E-state index contributed by atoms with van der Waals surface area (Å²) in [4.78, 5) is 0. The lowest BCUT2D eigenvalue weighted by atomic mass is 10.2. The number of benzene rings is 1. The van der Waals surface area contributed by atoms with E-state index in [4.69, 9.17) is 5.41 Å². The van der Waals surface area contributed by atoms with Gasteiger partial charge in [-0.2, -0.15) is 0 Å². The molecule has 0 amide bonds. The minimum absolute atomic E-state index is 0.964. The molecule has 50 valence electrons. The van der Waals surface area contributed by atoms with Crippen LogP contribution in [-0.4, -0.2) is 6.21 Å². The zero-order valence-corrected chi connectivity index (χ0v) is 5.67. The van der Waals surface area contributed by atoms with Crippen molar-refractivity contribution < 1.29 is 0 Å². The minimum atomic E-state index is 0.964. The number of nitrogens with one attached hydrogen (secondary N) is 1. The Morgan fingerprint density at radius 2 is 2.00 bits per heavy atom. The smallest absolute Gasteiger partial charge is 0.0183 e. The SMILES string of the molecule is C=c1cccc/c1=C/C=N. The summed E-state index contributed by atoms with van der Waals surface area (Å²) in [6, 6.07) is 7.73. The first kappa shape index (κ1) is 6.75. The fourth-order valence-electron chi connectivity index (χ4n) is 0.787. The van der Waals surface area contributed by atoms with E-state index in [-0.39, 0.29) is 0 Å². The Balaban J connectivity index is 3.43. The predicted octanol–water partition coefficient (Wildman–Crippen LogP) is 0.527. The standard InChI is InChI=1S/C9H9N/c1-8-4-2-3-5-9(8)6-7-10/h2-7,10H,1H2/b9-6-,10-7?. The molecule has 1 aromatic rings. The summed E-state index contributed by atoms with van der Waals surface area (Å²) in [6.07, 6.45) is 2.99. The molecule has 0 unspecified atom stereocenters. The van der Waals surface area contributed by atoms with Gasteiger partial charge >= 0.3 is 0 Å². The summed E-state index contributed by atoms with van der Waals surface area (Å²) in [6.45, 7) is 3.80. The van der Waals surface area contributed by atoms with Gasteiger partial charge in [-0.1, -0.05) is 30.8 Å². The Kier molecular flexibility index (Phi) is 2.00. The molecule has 0 aliphatic carbocycles. The first-order valence-corrected chi connectivity index (χ1v) is 3.09. The van der Waals surface area contributed by atoms with Crippen LogP contribution in [0.5, 0.6) is 0 Å². The summed E-state index contributed by atoms with van der Waals surface area (Å²) < 4.78 is 0. The summed E-state index contributed by atoms with van der Waals surface area (Å²) in [7, 11) is 0. The van der Waals surface area contributed by atoms with Crippen LogP contribution in [0, 0.1) is 5.41 Å². The van der Waals surface area contributed by atoms with E-state index >= 15 is 0 Å². The molecule has 10 heavy (non-hydrogen) atoms. The second kappa shape index (κ2) is 2.97. The maximum Gasteiger partial charge on any atom is 0.0183 e. The van der Waals surface area contributed by atoms with E-state index in [0.717, 1.165) is 10.4 Å². The van der Waals surface area contributed by atoms with Crippen molar-refractivity contribution >= 4 is 18.9 Å². The van der Waals surface area contributed by atoms with Crippen LogP contribution in [-0.2, 0) is 0 Å². The van der Waals surface area contributed by atoms with Crippen LogP contribution in [0.25, 0.3) is 12.7 Å². The maximum absolute atomic E-state index is 6.83. The molecule has 0 saturated carbocycles. The second-order valence-corrected chi connectivity index (χ2v) is 2.03. The molecule has 0 bridgehead atoms. The Labute approximate surface area is 59.8 Å². The van der Waals surface area contributed by atoms with Gasteiger partial charge in [-0.3, -0.25) is 0 Å². The quantitative estimate of drug-likeness (QED) is 0.537. The lowest BCUT2D eigenvalue weighted by Gasteiger charge is -1.83. The average molecular weight is 131 g/mol. The Morgan fingerprint density at radius 3 is 2.60 bits per heavy atom. The van der Waals surface area contributed by atoms with Gasteiger partial charge in [0.15, 0.2) is 0 Å². The summed E-state index contributed by atoms with van der Waals surface area (Å²) in [5.74, 6) is 0. The van der Waals surface area contributed by atoms with Crippen molar-refractivity contribution in [1.82, 2.24) is 0 Å². The molecule has 0 saturated heterocycles. The Hall–Kier alpha value is -1.37. The molecule has 0 atom stereocenters. The van der Waals surface area contributed by atoms with E-state index in [0.29, 0.717) is 0 Å². The van der Waals surface area contributed by atoms with Crippen LogP contribution in [0.2, 0.25) is 0 Å². The van der Waals surface area contributed by atoms with Gasteiger partial charge in [0.2, 0.25) is 0 Å². The van der Waals surface area contributed by atoms with Crippen molar-refractivity contribution in [2.75, 3.05) is 0 Å². The van der Waals surface area contributed by atoms with Gasteiger partial charge in [0.05, 0.1) is 0 Å². The number of rotatable bonds is 1. The monoisotopic (exact) mass is 131 g/mol. The highest BCUT2D eigenvalue weighted by molar-refractivity contribution is 5.88. The predicted molar refractivity (Wildman–Crippen MR) is 44.5 cm³/mol. The molecular formula is C9H9N. The van der Waals surface area contributed by atoms with Crippen LogP contribution < -0.4 is 10.4 Å². The maximum atomic E-state index is 6.83. The molecule has 0 aliphatic heterocycles. The summed E-state index contributed by atoms with van der Waals surface area (Å²) >= 11 is 0. The van der Waals surface area contributed by atoms with Crippen molar-refractivity contribution in [3.8, 4) is 0 Å². The zero-order valence-electron chi connectivity index (χ0n) is 5.67. The van der Waals surface area contributed by atoms with Crippen LogP contribution in [0.3, 0.4) is 0 Å². The summed E-state index contributed by atoms with van der Waals surface area (Å²) in [5, 5.41) is 8.80. The number of hydrogen-bond acceptors (Lipinski definition) is 1. The second-order valence-electron chi connectivity index (χ2n) is 2.03. The van der Waals surface area contributed by atoms with Crippen molar-refractivity contribution in [1.29, 1.82) is 5.41 Å². The molecule has 1 heteroatoms. The van der Waals surface area contributed by atoms with Crippen molar-refractivity contribution in [3.63, 3.8) is 0 Å². The molecule has 0 spiro atoms. The lowest BCUT2D eigenvalue weighted by Crippen LogP contribution is -2.21. The van der Waals surface area contributed by atoms with Gasteiger partial charge < -0.3 is 5.41 Å². The van der Waals surface area contributed by atoms with E-state index in [9.17, 15) is 0 Å². The first-order chi connectivity index (χ1) is 4.84. The Morgan fingerprint density at radius 1 is 1.30 bits per heavy atom. The van der Waals surface area contributed by atoms with Gasteiger partial charge in [0.25, 0.3) is 0 Å². The molecule has 0 fully saturated rings. The molecule has 0 aliphatic rings. The molecule has 0 radical (unpaired) electrons. The fourth-order valence-corrected chi connectivity index (χ4v) is 0.787. The van der Waals surface area contributed by atoms with Crippen molar-refractivity contribution in [2.45, 2.75) is 0 Å². The van der Waals surface area contributed by atoms with Gasteiger partial charge in [0.1, 0.15) is 0 Å². The van der Waals surface area contributed by atoms with E-state index in [1.54, 1.807) is 6.08 Å². The minimum Gasteiger partial charge on any atom is -0.309 e. The number of hydrogen-bond donors (Lipinski definition) is 1. The van der Waals surface area contributed by atoms with E-state index in [1.807, 2.05) is 24.3 Å². The van der Waals surface area contributed by atoms with Crippen molar-refractivity contribution in [2.24, 2.45) is 0 Å². The molecule has 1 N–H and O–H groups in total. The van der Waals surface area contributed by atoms with Gasteiger partial charge in [-0.05, 0) is 16.5 Å². The zero-order chi connectivity index (χ0) is 7.40. The van der Waals surface area contributed by atoms with Crippen LogP contribution in [0.1, 0.15) is 0 Å². The van der Waals surface area contributed by atoms with Gasteiger partial charge in [-0.15, -0.1) is 0 Å². The van der Waals surface area contributed by atoms with Crippen LogP contribution in [0.4, 0.5) is 0 Å². The van der Waals surface area contributed by atoms with Gasteiger partial charge in [-0.25, -0.2) is 0 Å². The Bertz CT molecular complexity index is 325. The molecule has 0 heterocycles. The molecule has 0 aromatic heterocycles. The van der Waals surface area contributed by atoms with Gasteiger partial charge in [0, 0.05) is 6.21 Å². The third kappa shape index (κ3) is 1.32. The lowest BCUT2D eigenvalue weighted by molar-refractivity contribution is 1.53. The van der Waals surface area contributed by atoms with E-state index in [1.165, 1.54) is 6.21 Å². The molecule has 1 aromatic carbocycles. The highest BCUT2D eigenvalue weighted by atomic mass is 14.3. The third-order valence-electron chi connectivity index (χ3n) is 1.32. The summed E-state index contributed by atoms with van der Waals surface area (Å²) in [5.41, 5.74) is 0. The van der Waals surface area contributed by atoms with Crippen LogP contribution >= 0.6 is 0 Å². The van der Waals surface area contributed by atoms with Crippen molar-refractivity contribution in [3.05, 3.63) is 34.7 Å². The first-order valence-electron chi connectivity index (χ1n) is 3.09. The third-order valence-corrected chi connectivity index (χ3v) is 1.32. The van der Waals surface area contributed by atoms with Crippen LogP contribution in [0.15, 0.2) is 24.3 Å². The molecular weight excluding hydrogens is 122 g/mol. The fraction of sp³-hybridized carbons (Fsp3) is 0. The normalized spacial score (nSPS) is 11.4. The molecule has 1 rings (SSSR count). The van der Waals surface area contributed by atoms with E-state index < -0.39 is 0 Å². The topological polar surface area (TPSA) is 23.9 Å². The highest BCUT2D eigenvalue weighted by Gasteiger charge is 1.75. The molecule has 1 nitrogen and oxygen atoms in total. The van der Waals surface area contributed by atoms with E-state index in [2.05, 4.69) is 6.58 Å². The largest absolute Gasteiger partial charge is 0.309 e. The highest BCUT2D eigenvalue weighted by Crippen LogP contribution is 1.68.